The van der Waals surface area contributed by atoms with Gasteiger partial charge in [-0.3, -0.25) is 4.79 Å². The third-order valence-electron chi connectivity index (χ3n) is 6.16. The largest absolute Gasteiger partial charge is 0.390 e. The van der Waals surface area contributed by atoms with Crippen LogP contribution >= 0.6 is 0 Å². The molecule has 1 aliphatic carbocycles. The molecule has 2 aliphatic rings. The first-order valence-electron chi connectivity index (χ1n) is 9.80. The Morgan fingerprint density at radius 3 is 2.19 bits per heavy atom. The molecule has 1 heterocycles. The minimum Gasteiger partial charge on any atom is -0.390 e. The number of benzene rings is 2. The molecule has 0 bridgehead atoms. The van der Waals surface area contributed by atoms with E-state index >= 15 is 0 Å². The molecule has 2 fully saturated rings. The fraction of sp³-hybridized carbons (Fsp3) is 0.435. The van der Waals surface area contributed by atoms with E-state index in [9.17, 15) is 15.0 Å². The van der Waals surface area contributed by atoms with Crippen molar-refractivity contribution in [3.8, 4) is 0 Å². The second kappa shape index (κ2) is 7.45. The number of aliphatic hydroxyl groups is 2. The average Bonchev–Trinajstić information content (AvgIpc) is 3.06. The van der Waals surface area contributed by atoms with Crippen molar-refractivity contribution in [2.45, 2.75) is 38.4 Å². The van der Waals surface area contributed by atoms with E-state index in [4.69, 9.17) is 0 Å². The monoisotopic (exact) mass is 365 g/mol. The molecule has 2 aromatic carbocycles. The highest BCUT2D eigenvalue weighted by Crippen LogP contribution is 2.37. The van der Waals surface area contributed by atoms with Gasteiger partial charge >= 0.3 is 0 Å². The summed E-state index contributed by atoms with van der Waals surface area (Å²) in [6.45, 7) is 3.42. The molecule has 4 heteroatoms. The van der Waals surface area contributed by atoms with E-state index in [1.54, 1.807) is 0 Å². The van der Waals surface area contributed by atoms with Gasteiger partial charge < -0.3 is 15.1 Å². The number of hydrogen-bond donors (Lipinski definition) is 2. The number of aliphatic hydroxyl groups excluding tert-OH is 2. The minimum absolute atomic E-state index is 0.0658. The summed E-state index contributed by atoms with van der Waals surface area (Å²) in [5.74, 6) is 0.643. The van der Waals surface area contributed by atoms with E-state index in [1.807, 2.05) is 29.2 Å². The number of hydrogen-bond acceptors (Lipinski definition) is 3. The van der Waals surface area contributed by atoms with Gasteiger partial charge in [-0.05, 0) is 55.2 Å². The quantitative estimate of drug-likeness (QED) is 0.879. The molecule has 1 saturated carbocycles. The summed E-state index contributed by atoms with van der Waals surface area (Å²) in [6, 6.07) is 16.3. The Labute approximate surface area is 160 Å². The van der Waals surface area contributed by atoms with Gasteiger partial charge in [0.2, 0.25) is 0 Å². The van der Waals surface area contributed by atoms with Gasteiger partial charge in [-0.25, -0.2) is 0 Å². The second-order valence-corrected chi connectivity index (χ2v) is 8.16. The minimum atomic E-state index is -0.657. The molecule has 27 heavy (non-hydrogen) atoms. The van der Waals surface area contributed by atoms with Crippen LogP contribution in [-0.2, 0) is 6.42 Å². The van der Waals surface area contributed by atoms with Gasteiger partial charge in [-0.15, -0.1) is 0 Å². The summed E-state index contributed by atoms with van der Waals surface area (Å²) in [6.07, 6.45) is 0.590. The fourth-order valence-electron chi connectivity index (χ4n) is 4.55. The highest BCUT2D eigenvalue weighted by molar-refractivity contribution is 5.96. The number of rotatable bonds is 3. The highest BCUT2D eigenvalue weighted by atomic mass is 16.3. The van der Waals surface area contributed by atoms with Crippen molar-refractivity contribution >= 4 is 5.91 Å². The normalized spacial score (nSPS) is 27.4. The van der Waals surface area contributed by atoms with Gasteiger partial charge in [0.05, 0.1) is 12.2 Å². The Morgan fingerprint density at radius 1 is 0.963 bits per heavy atom. The maximum atomic E-state index is 13.2. The van der Waals surface area contributed by atoms with Gasteiger partial charge in [0.25, 0.3) is 5.91 Å². The van der Waals surface area contributed by atoms with Crippen molar-refractivity contribution in [3.63, 3.8) is 0 Å². The zero-order valence-corrected chi connectivity index (χ0v) is 15.7. The number of carbonyl (C=O) groups excluding carboxylic acids is 1. The van der Waals surface area contributed by atoms with Gasteiger partial charge in [-0.2, -0.15) is 0 Å². The van der Waals surface area contributed by atoms with Crippen LogP contribution in [0.3, 0.4) is 0 Å². The SMILES string of the molecule is Cc1ccc(Cc2ccccc2C(=O)N2CC3CC(O)C(O)CC3C2)cc1. The molecular weight excluding hydrogens is 338 g/mol. The fourth-order valence-corrected chi connectivity index (χ4v) is 4.55. The summed E-state index contributed by atoms with van der Waals surface area (Å²) >= 11 is 0. The van der Waals surface area contributed by atoms with Crippen molar-refractivity contribution in [1.29, 1.82) is 0 Å². The van der Waals surface area contributed by atoms with Crippen LogP contribution < -0.4 is 0 Å². The molecule has 0 radical (unpaired) electrons. The molecule has 4 atom stereocenters. The summed E-state index contributed by atoms with van der Waals surface area (Å²) < 4.78 is 0. The van der Waals surface area contributed by atoms with Gasteiger partial charge in [0, 0.05) is 18.7 Å². The van der Waals surface area contributed by atoms with Crippen LogP contribution in [0.2, 0.25) is 0 Å². The smallest absolute Gasteiger partial charge is 0.254 e. The van der Waals surface area contributed by atoms with Crippen molar-refractivity contribution in [3.05, 3.63) is 70.8 Å². The molecule has 4 nitrogen and oxygen atoms in total. The summed E-state index contributed by atoms with van der Waals surface area (Å²) in [5, 5.41) is 19.9. The number of nitrogens with zero attached hydrogens (tertiary/aromatic N) is 1. The van der Waals surface area contributed by atoms with E-state index in [1.165, 1.54) is 11.1 Å². The Kier molecular flexibility index (Phi) is 5.02. The molecule has 2 N–H and O–H groups in total. The number of carbonyl (C=O) groups is 1. The second-order valence-electron chi connectivity index (χ2n) is 8.16. The van der Waals surface area contributed by atoms with E-state index in [0.29, 0.717) is 25.9 Å². The third-order valence-corrected chi connectivity index (χ3v) is 6.16. The standard InChI is InChI=1S/C23H27NO3/c1-15-6-8-16(9-7-15)10-17-4-2-3-5-20(17)23(27)24-13-18-11-21(25)22(26)12-19(18)14-24/h2-9,18-19,21-22,25-26H,10-14H2,1H3. The van der Waals surface area contributed by atoms with Crippen molar-refractivity contribution in [1.82, 2.24) is 4.90 Å². The first-order valence-corrected chi connectivity index (χ1v) is 9.80. The Morgan fingerprint density at radius 2 is 1.56 bits per heavy atom. The Bertz CT molecular complexity index is 799. The maximum Gasteiger partial charge on any atom is 0.254 e. The molecule has 0 aromatic heterocycles. The molecule has 142 valence electrons. The molecular formula is C23H27NO3. The lowest BCUT2D eigenvalue weighted by Crippen LogP contribution is -2.38. The molecule has 4 unspecified atom stereocenters. The topological polar surface area (TPSA) is 60.8 Å². The third kappa shape index (κ3) is 3.78. The maximum absolute atomic E-state index is 13.2. The zero-order chi connectivity index (χ0) is 19.0. The number of fused-ring (bicyclic) bond motifs is 1. The van der Waals surface area contributed by atoms with E-state index in [2.05, 4.69) is 31.2 Å². The predicted octanol–water partition coefficient (Wildman–Crippen LogP) is 2.79. The van der Waals surface area contributed by atoms with E-state index in [-0.39, 0.29) is 17.7 Å². The predicted molar refractivity (Wildman–Crippen MR) is 105 cm³/mol. The zero-order valence-electron chi connectivity index (χ0n) is 15.7. The van der Waals surface area contributed by atoms with Gasteiger partial charge in [0.15, 0.2) is 0 Å². The molecule has 1 saturated heterocycles. The van der Waals surface area contributed by atoms with E-state index < -0.39 is 12.2 Å². The molecule has 1 amide bonds. The van der Waals surface area contributed by atoms with Crippen LogP contribution in [0.4, 0.5) is 0 Å². The first kappa shape index (κ1) is 18.2. The highest BCUT2D eigenvalue weighted by Gasteiger charge is 2.42. The molecule has 2 aromatic rings. The van der Waals surface area contributed by atoms with Crippen molar-refractivity contribution < 1.29 is 15.0 Å². The van der Waals surface area contributed by atoms with Crippen LogP contribution in [0.25, 0.3) is 0 Å². The van der Waals surface area contributed by atoms with Crippen molar-refractivity contribution in [2.24, 2.45) is 11.8 Å². The van der Waals surface area contributed by atoms with Crippen LogP contribution in [0.1, 0.15) is 39.9 Å². The summed E-state index contributed by atoms with van der Waals surface area (Å²) in [4.78, 5) is 15.1. The Hall–Kier alpha value is -2.17. The van der Waals surface area contributed by atoms with Gasteiger partial charge in [-0.1, -0.05) is 48.0 Å². The summed E-state index contributed by atoms with van der Waals surface area (Å²) in [5.41, 5.74) is 4.23. The van der Waals surface area contributed by atoms with Gasteiger partial charge in [0.1, 0.15) is 0 Å². The van der Waals surface area contributed by atoms with E-state index in [0.717, 1.165) is 17.5 Å². The molecule has 1 aliphatic heterocycles. The molecule has 0 spiro atoms. The average molecular weight is 365 g/mol. The number of aryl methyl sites for hydroxylation is 1. The molecule has 4 rings (SSSR count). The van der Waals surface area contributed by atoms with Crippen LogP contribution in [0.5, 0.6) is 0 Å². The number of amides is 1. The lowest BCUT2D eigenvalue weighted by Gasteiger charge is -2.31. The van der Waals surface area contributed by atoms with Crippen LogP contribution in [0, 0.1) is 18.8 Å². The van der Waals surface area contributed by atoms with Crippen LogP contribution in [0.15, 0.2) is 48.5 Å². The lowest BCUT2D eigenvalue weighted by atomic mass is 9.79. The lowest BCUT2D eigenvalue weighted by molar-refractivity contribution is -0.0372. The van der Waals surface area contributed by atoms with Crippen LogP contribution in [-0.4, -0.2) is 46.3 Å². The van der Waals surface area contributed by atoms with Crippen molar-refractivity contribution in [2.75, 3.05) is 13.1 Å². The first-order chi connectivity index (χ1) is 13.0. The Balaban J connectivity index is 1.52. The number of likely N-dealkylation sites (tertiary alicyclic amines) is 1. The summed E-state index contributed by atoms with van der Waals surface area (Å²) in [7, 11) is 0.